The van der Waals surface area contributed by atoms with Gasteiger partial charge < -0.3 is 25.4 Å². The van der Waals surface area contributed by atoms with Gasteiger partial charge >= 0.3 is 6.03 Å². The van der Waals surface area contributed by atoms with Gasteiger partial charge in [-0.15, -0.1) is 0 Å². The zero-order valence-corrected chi connectivity index (χ0v) is 22.0. The fraction of sp³-hybridized carbons (Fsp3) is 0.179. The molecule has 38 heavy (non-hydrogen) atoms. The molecule has 0 saturated carbocycles. The summed E-state index contributed by atoms with van der Waals surface area (Å²) in [5.41, 5.74) is 2.45. The van der Waals surface area contributed by atoms with Crippen LogP contribution in [0, 0.1) is 12.7 Å². The number of benzene rings is 3. The van der Waals surface area contributed by atoms with Gasteiger partial charge in [0.05, 0.1) is 12.2 Å². The van der Waals surface area contributed by atoms with Gasteiger partial charge in [0.15, 0.2) is 0 Å². The number of nitrogens with one attached hydrogen (secondary N) is 3. The van der Waals surface area contributed by atoms with E-state index in [0.29, 0.717) is 28.5 Å². The number of halogens is 2. The molecule has 0 aliphatic carbocycles. The minimum atomic E-state index is -1.08. The highest BCUT2D eigenvalue weighted by Crippen LogP contribution is 2.24. The van der Waals surface area contributed by atoms with E-state index >= 15 is 4.39 Å². The minimum Gasteiger partial charge on any atom is -0.322 e. The molecular formula is C28H28ClFN6O2. The summed E-state index contributed by atoms with van der Waals surface area (Å²) in [5, 5.41) is 8.54. The SMILES string of the molecule is Cc1ccccc1C(NC(=O)Nc1ccc(Cl)cc1)C(=O)Nc1ccc(-n2ccnc2CN(C)C)cc1F. The first-order valence-corrected chi connectivity index (χ1v) is 12.3. The molecule has 4 rings (SSSR count). The second kappa shape index (κ2) is 11.9. The Kier molecular flexibility index (Phi) is 8.40. The summed E-state index contributed by atoms with van der Waals surface area (Å²) < 4.78 is 16.9. The molecule has 0 aliphatic heterocycles. The number of nitrogens with zero attached hydrogens (tertiary/aromatic N) is 3. The number of aromatic nitrogens is 2. The average Bonchev–Trinajstić information content (AvgIpc) is 3.33. The minimum absolute atomic E-state index is 0.00785. The van der Waals surface area contributed by atoms with E-state index < -0.39 is 23.8 Å². The van der Waals surface area contributed by atoms with E-state index in [0.717, 1.165) is 11.4 Å². The average molecular weight is 535 g/mol. The molecule has 0 aliphatic rings. The number of carbonyl (C=O) groups is 2. The highest BCUT2D eigenvalue weighted by molar-refractivity contribution is 6.30. The van der Waals surface area contributed by atoms with Crippen molar-refractivity contribution >= 4 is 34.9 Å². The van der Waals surface area contributed by atoms with Crippen molar-refractivity contribution in [3.8, 4) is 5.69 Å². The summed E-state index contributed by atoms with van der Waals surface area (Å²) in [5.74, 6) is -0.454. The molecule has 0 saturated heterocycles. The lowest BCUT2D eigenvalue weighted by molar-refractivity contribution is -0.118. The quantitative estimate of drug-likeness (QED) is 0.277. The van der Waals surface area contributed by atoms with E-state index in [4.69, 9.17) is 11.6 Å². The van der Waals surface area contributed by atoms with E-state index in [2.05, 4.69) is 20.9 Å². The normalized spacial score (nSPS) is 11.7. The van der Waals surface area contributed by atoms with Gasteiger partial charge in [-0.3, -0.25) is 4.79 Å². The van der Waals surface area contributed by atoms with Crippen LogP contribution in [0.4, 0.5) is 20.6 Å². The van der Waals surface area contributed by atoms with Crippen molar-refractivity contribution in [3.05, 3.63) is 107 Å². The van der Waals surface area contributed by atoms with Crippen LogP contribution < -0.4 is 16.0 Å². The zero-order chi connectivity index (χ0) is 27.2. The number of imidazole rings is 1. The number of urea groups is 1. The predicted octanol–water partition coefficient (Wildman–Crippen LogP) is 5.54. The van der Waals surface area contributed by atoms with E-state index in [1.807, 2.05) is 38.1 Å². The first-order chi connectivity index (χ1) is 18.2. The first kappa shape index (κ1) is 26.8. The van der Waals surface area contributed by atoms with Crippen LogP contribution in [0.5, 0.6) is 0 Å². The van der Waals surface area contributed by atoms with Gasteiger partial charge in [0.1, 0.15) is 17.7 Å². The second-order valence-electron chi connectivity index (χ2n) is 9.00. The molecule has 1 unspecified atom stereocenters. The number of hydrogen-bond acceptors (Lipinski definition) is 4. The lowest BCUT2D eigenvalue weighted by atomic mass is 10.0. The topological polar surface area (TPSA) is 91.3 Å². The molecule has 3 N–H and O–H groups in total. The van der Waals surface area contributed by atoms with Crippen molar-refractivity contribution < 1.29 is 14.0 Å². The molecule has 0 fully saturated rings. The van der Waals surface area contributed by atoms with Gasteiger partial charge in [0.25, 0.3) is 5.91 Å². The Labute approximate surface area is 225 Å². The summed E-state index contributed by atoms with van der Waals surface area (Å²) in [6.07, 6.45) is 3.41. The smallest absolute Gasteiger partial charge is 0.320 e. The molecule has 1 atom stereocenters. The van der Waals surface area contributed by atoms with Gasteiger partial charge in [0, 0.05) is 34.9 Å². The molecule has 0 radical (unpaired) electrons. The lowest BCUT2D eigenvalue weighted by Gasteiger charge is -2.21. The number of hydrogen-bond donors (Lipinski definition) is 3. The highest BCUT2D eigenvalue weighted by atomic mass is 35.5. The van der Waals surface area contributed by atoms with Crippen LogP contribution in [-0.4, -0.2) is 40.5 Å². The van der Waals surface area contributed by atoms with Crippen molar-refractivity contribution in [2.24, 2.45) is 0 Å². The van der Waals surface area contributed by atoms with E-state index in [1.54, 1.807) is 59.4 Å². The van der Waals surface area contributed by atoms with Crippen molar-refractivity contribution in [2.45, 2.75) is 19.5 Å². The van der Waals surface area contributed by atoms with Crippen molar-refractivity contribution in [1.82, 2.24) is 19.8 Å². The second-order valence-corrected chi connectivity index (χ2v) is 9.44. The van der Waals surface area contributed by atoms with E-state index in [-0.39, 0.29) is 5.69 Å². The summed E-state index contributed by atoms with van der Waals surface area (Å²) >= 11 is 5.91. The third-order valence-electron chi connectivity index (χ3n) is 5.80. The van der Waals surface area contributed by atoms with Gasteiger partial charge in [-0.2, -0.15) is 0 Å². The Morgan fingerprint density at radius 3 is 2.47 bits per heavy atom. The van der Waals surface area contributed by atoms with Gasteiger partial charge in [-0.05, 0) is 68.5 Å². The maximum absolute atomic E-state index is 15.2. The standard InChI is InChI=1S/C28H28ClFN6O2/c1-18-6-4-5-7-22(18)26(34-28(38)32-20-10-8-19(29)9-11-20)27(37)33-24-13-12-21(16-23(24)30)36-15-14-31-25(36)17-35(2)3/h4-16,26H,17H2,1-3H3,(H,33,37)(H2,32,34,38). The molecule has 10 heteroatoms. The Hall–Kier alpha value is -4.21. The number of rotatable bonds is 8. The zero-order valence-electron chi connectivity index (χ0n) is 21.2. The first-order valence-electron chi connectivity index (χ1n) is 11.9. The van der Waals surface area contributed by atoms with Crippen LogP contribution in [0.25, 0.3) is 5.69 Å². The lowest BCUT2D eigenvalue weighted by Crippen LogP contribution is -2.39. The van der Waals surface area contributed by atoms with Crippen LogP contribution in [0.3, 0.4) is 0 Å². The molecule has 0 bridgehead atoms. The Bertz CT molecular complexity index is 1440. The predicted molar refractivity (Wildman–Crippen MR) is 147 cm³/mol. The van der Waals surface area contributed by atoms with Crippen LogP contribution in [-0.2, 0) is 11.3 Å². The van der Waals surface area contributed by atoms with Gasteiger partial charge in [0.2, 0.25) is 0 Å². The Morgan fingerprint density at radius 2 is 1.79 bits per heavy atom. The molecule has 0 spiro atoms. The third kappa shape index (κ3) is 6.56. The molecule has 4 aromatic rings. The molecule has 3 amide bonds. The maximum Gasteiger partial charge on any atom is 0.320 e. The number of carbonyl (C=O) groups excluding carboxylic acids is 2. The number of amides is 3. The summed E-state index contributed by atoms with van der Waals surface area (Å²) in [6, 6.07) is 16.6. The van der Waals surface area contributed by atoms with Crippen molar-refractivity contribution in [2.75, 3.05) is 24.7 Å². The van der Waals surface area contributed by atoms with Crippen LogP contribution in [0.1, 0.15) is 23.0 Å². The fourth-order valence-corrected chi connectivity index (χ4v) is 4.08. The number of aryl methyl sites for hydroxylation is 1. The molecule has 3 aromatic carbocycles. The van der Waals surface area contributed by atoms with E-state index in [1.165, 1.54) is 12.1 Å². The van der Waals surface area contributed by atoms with Crippen molar-refractivity contribution in [1.29, 1.82) is 0 Å². The number of anilines is 2. The molecule has 8 nitrogen and oxygen atoms in total. The molecular weight excluding hydrogens is 507 g/mol. The summed E-state index contributed by atoms with van der Waals surface area (Å²) in [4.78, 5) is 32.5. The monoisotopic (exact) mass is 534 g/mol. The van der Waals surface area contributed by atoms with Gasteiger partial charge in [-0.25, -0.2) is 14.2 Å². The molecule has 1 aromatic heterocycles. The fourth-order valence-electron chi connectivity index (χ4n) is 3.96. The maximum atomic E-state index is 15.2. The molecule has 1 heterocycles. The third-order valence-corrected chi connectivity index (χ3v) is 6.05. The van der Waals surface area contributed by atoms with Crippen LogP contribution >= 0.6 is 11.6 Å². The van der Waals surface area contributed by atoms with Crippen LogP contribution in [0.15, 0.2) is 79.1 Å². The largest absolute Gasteiger partial charge is 0.322 e. The Morgan fingerprint density at radius 1 is 1.05 bits per heavy atom. The highest BCUT2D eigenvalue weighted by Gasteiger charge is 2.25. The van der Waals surface area contributed by atoms with Gasteiger partial charge in [-0.1, -0.05) is 35.9 Å². The summed E-state index contributed by atoms with van der Waals surface area (Å²) in [7, 11) is 3.85. The van der Waals surface area contributed by atoms with E-state index in [9.17, 15) is 9.59 Å². The summed E-state index contributed by atoms with van der Waals surface area (Å²) in [6.45, 7) is 2.41. The molecule has 196 valence electrons. The Balaban J connectivity index is 1.55. The van der Waals surface area contributed by atoms with Crippen molar-refractivity contribution in [3.63, 3.8) is 0 Å². The van der Waals surface area contributed by atoms with Crippen LogP contribution in [0.2, 0.25) is 5.02 Å².